The van der Waals surface area contributed by atoms with Gasteiger partial charge >= 0.3 is 18.4 Å². The maximum absolute atomic E-state index is 12.7. The van der Waals surface area contributed by atoms with Gasteiger partial charge in [0.05, 0.1) is 11.1 Å². The Morgan fingerprint density at radius 1 is 0.868 bits per heavy atom. The highest BCUT2D eigenvalue weighted by Gasteiger charge is 2.53. The number of aromatic carboxylic acids is 1. The Bertz CT molecular complexity index is 1480. The first-order valence-electron chi connectivity index (χ1n) is 11.1. The van der Waals surface area contributed by atoms with Gasteiger partial charge in [0, 0.05) is 41.7 Å². The van der Waals surface area contributed by atoms with Crippen molar-refractivity contribution in [2.75, 3.05) is 0 Å². The first-order valence-corrected chi connectivity index (χ1v) is 11.1. The van der Waals surface area contributed by atoms with E-state index in [2.05, 4.69) is 4.84 Å². The van der Waals surface area contributed by atoms with E-state index in [0.717, 1.165) is 0 Å². The molecule has 192 valence electrons. The molecule has 2 amide bonds. The molecule has 38 heavy (non-hydrogen) atoms. The predicted octanol–water partition coefficient (Wildman–Crippen LogP) is 2.59. The van der Waals surface area contributed by atoms with Gasteiger partial charge in [0.25, 0.3) is 11.8 Å². The highest BCUT2D eigenvalue weighted by Crippen LogP contribution is 2.57. The molecule has 0 aromatic heterocycles. The molecular formula is C26H17NO11. The SMILES string of the molecule is O=C(O)c1ccc2c(c1)C(=O)OC21c2ccc(O)cc2Oc2cc(O)ccc21.O=CON1C(=O)CCC1=O. The first kappa shape index (κ1) is 24.3. The fraction of sp³-hybridized carbons (Fsp3) is 0.115. The molecule has 1 saturated heterocycles. The molecule has 3 N–H and O–H groups in total. The van der Waals surface area contributed by atoms with Gasteiger partial charge in [-0.25, -0.2) is 9.59 Å². The van der Waals surface area contributed by atoms with E-state index in [1.54, 1.807) is 18.2 Å². The van der Waals surface area contributed by atoms with Gasteiger partial charge in [-0.05, 0) is 36.4 Å². The lowest BCUT2D eigenvalue weighted by atomic mass is 9.77. The summed E-state index contributed by atoms with van der Waals surface area (Å²) in [4.78, 5) is 59.0. The molecule has 1 spiro atoms. The molecule has 12 heteroatoms. The molecule has 6 rings (SSSR count). The molecule has 3 aromatic rings. The number of phenols is 2. The number of fused-ring (bicyclic) bond motifs is 6. The molecule has 0 bridgehead atoms. The molecule has 0 radical (unpaired) electrons. The number of carbonyl (C=O) groups excluding carboxylic acids is 4. The van der Waals surface area contributed by atoms with Gasteiger partial charge in [-0.15, -0.1) is 5.06 Å². The van der Waals surface area contributed by atoms with Crippen LogP contribution in [0.25, 0.3) is 0 Å². The fourth-order valence-electron chi connectivity index (χ4n) is 4.56. The Morgan fingerprint density at radius 3 is 1.95 bits per heavy atom. The number of carbonyl (C=O) groups is 5. The molecule has 3 aliphatic rings. The third-order valence-corrected chi connectivity index (χ3v) is 6.17. The Kier molecular flexibility index (Phi) is 5.71. The zero-order valence-corrected chi connectivity index (χ0v) is 19.2. The largest absolute Gasteiger partial charge is 0.508 e. The number of hydrogen-bond donors (Lipinski definition) is 3. The van der Waals surface area contributed by atoms with Crippen molar-refractivity contribution in [2.45, 2.75) is 18.4 Å². The molecule has 12 nitrogen and oxygen atoms in total. The molecule has 3 aliphatic heterocycles. The number of carboxylic acids is 1. The second-order valence-corrected chi connectivity index (χ2v) is 8.38. The minimum Gasteiger partial charge on any atom is -0.508 e. The van der Waals surface area contributed by atoms with Crippen molar-refractivity contribution in [3.8, 4) is 23.0 Å². The number of phenolic OH excluding ortho intramolecular Hbond substituents is 2. The number of imide groups is 1. The fourth-order valence-corrected chi connectivity index (χ4v) is 4.56. The average molecular weight is 519 g/mol. The number of hydrogen-bond acceptors (Lipinski definition) is 10. The number of esters is 1. The number of rotatable bonds is 3. The zero-order chi connectivity index (χ0) is 27.2. The van der Waals surface area contributed by atoms with Crippen LogP contribution in [0.1, 0.15) is 50.2 Å². The van der Waals surface area contributed by atoms with Crippen LogP contribution in [0.5, 0.6) is 23.0 Å². The van der Waals surface area contributed by atoms with Gasteiger partial charge in [-0.1, -0.05) is 6.07 Å². The maximum Gasteiger partial charge on any atom is 0.340 e. The number of carboxylic acid groups (broad SMARTS) is 1. The second kappa shape index (κ2) is 8.92. The molecular weight excluding hydrogens is 502 g/mol. The van der Waals surface area contributed by atoms with Crippen LogP contribution in [-0.4, -0.2) is 50.6 Å². The molecule has 0 saturated carbocycles. The predicted molar refractivity (Wildman–Crippen MR) is 123 cm³/mol. The highest BCUT2D eigenvalue weighted by atomic mass is 16.7. The monoisotopic (exact) mass is 519 g/mol. The Hall–Kier alpha value is -5.39. The van der Waals surface area contributed by atoms with Crippen LogP contribution in [-0.2, 0) is 29.6 Å². The molecule has 3 aromatic carbocycles. The van der Waals surface area contributed by atoms with E-state index >= 15 is 0 Å². The summed E-state index contributed by atoms with van der Waals surface area (Å²) < 4.78 is 11.7. The van der Waals surface area contributed by atoms with Gasteiger partial charge in [0.2, 0.25) is 0 Å². The lowest BCUT2D eigenvalue weighted by molar-refractivity contribution is -0.188. The minimum atomic E-state index is -1.38. The van der Waals surface area contributed by atoms with E-state index in [1.807, 2.05) is 0 Å². The highest BCUT2D eigenvalue weighted by molar-refractivity contribution is 6.01. The van der Waals surface area contributed by atoms with Crippen LogP contribution >= 0.6 is 0 Å². The Labute approximate surface area is 213 Å². The molecule has 0 unspecified atom stereocenters. The molecule has 1 fully saturated rings. The number of benzene rings is 3. The molecule has 0 aliphatic carbocycles. The lowest BCUT2D eigenvalue weighted by Crippen LogP contribution is -2.32. The average Bonchev–Trinajstić information content (AvgIpc) is 3.35. The quantitative estimate of drug-likeness (QED) is 0.263. The summed E-state index contributed by atoms with van der Waals surface area (Å²) in [7, 11) is 0. The third-order valence-electron chi connectivity index (χ3n) is 6.17. The number of ether oxygens (including phenoxy) is 2. The number of nitrogens with zero attached hydrogens (tertiary/aromatic N) is 1. The summed E-state index contributed by atoms with van der Waals surface area (Å²) in [5.74, 6) is -2.29. The zero-order valence-electron chi connectivity index (χ0n) is 19.2. The third kappa shape index (κ3) is 3.75. The van der Waals surface area contributed by atoms with Crippen molar-refractivity contribution >= 4 is 30.2 Å². The summed E-state index contributed by atoms with van der Waals surface area (Å²) in [6.45, 7) is 0.0567. The van der Waals surface area contributed by atoms with Crippen molar-refractivity contribution < 1.29 is 53.6 Å². The van der Waals surface area contributed by atoms with E-state index < -0.39 is 29.4 Å². The lowest BCUT2D eigenvalue weighted by Gasteiger charge is -2.36. The Morgan fingerprint density at radius 2 is 1.42 bits per heavy atom. The van der Waals surface area contributed by atoms with Crippen LogP contribution in [0.2, 0.25) is 0 Å². The molecule has 3 heterocycles. The number of aromatic hydroxyl groups is 2. The molecule has 0 atom stereocenters. The number of hydroxylamine groups is 2. The van der Waals surface area contributed by atoms with Crippen molar-refractivity contribution in [3.63, 3.8) is 0 Å². The summed E-state index contributed by atoms with van der Waals surface area (Å²) in [6.07, 6.45) is 0.263. The van der Waals surface area contributed by atoms with E-state index in [1.165, 1.54) is 36.4 Å². The minimum absolute atomic E-state index is 0.0309. The van der Waals surface area contributed by atoms with Crippen molar-refractivity contribution in [3.05, 3.63) is 82.4 Å². The second-order valence-electron chi connectivity index (χ2n) is 8.38. The van der Waals surface area contributed by atoms with Crippen molar-refractivity contribution in [1.82, 2.24) is 5.06 Å². The van der Waals surface area contributed by atoms with Crippen LogP contribution in [0.15, 0.2) is 54.6 Å². The van der Waals surface area contributed by atoms with Crippen LogP contribution < -0.4 is 4.74 Å². The van der Waals surface area contributed by atoms with E-state index in [0.29, 0.717) is 21.8 Å². The van der Waals surface area contributed by atoms with Gasteiger partial charge in [0.1, 0.15) is 23.0 Å². The summed E-state index contributed by atoms with van der Waals surface area (Å²) >= 11 is 0. The standard InChI is InChI=1S/C21H12O7.C5H5NO4/c22-11-2-5-15-17(8-11)27-18-9-12(23)3-6-16(18)21(15)14-4-1-10(19(24)25)7-13(14)20(26)28-21;7-3-10-6-4(8)1-2-5(6)9/h1-9,22-23H,(H,24,25);3H,1-2H2. The van der Waals surface area contributed by atoms with Crippen LogP contribution in [0.4, 0.5) is 0 Å². The van der Waals surface area contributed by atoms with Crippen molar-refractivity contribution in [1.29, 1.82) is 0 Å². The first-order chi connectivity index (χ1) is 18.1. The maximum atomic E-state index is 12.7. The van der Waals surface area contributed by atoms with Crippen LogP contribution in [0.3, 0.4) is 0 Å². The van der Waals surface area contributed by atoms with E-state index in [4.69, 9.17) is 9.47 Å². The van der Waals surface area contributed by atoms with E-state index in [-0.39, 0.29) is 53.4 Å². The summed E-state index contributed by atoms with van der Waals surface area (Å²) in [5, 5.41) is 29.5. The van der Waals surface area contributed by atoms with Gasteiger partial charge in [-0.2, -0.15) is 0 Å². The van der Waals surface area contributed by atoms with Crippen LogP contribution in [0, 0.1) is 0 Å². The van der Waals surface area contributed by atoms with E-state index in [9.17, 15) is 39.3 Å². The summed E-state index contributed by atoms with van der Waals surface area (Å²) in [6, 6.07) is 13.1. The Balaban J connectivity index is 0.000000249. The number of amides is 2. The summed E-state index contributed by atoms with van der Waals surface area (Å²) in [5.41, 5.74) is 0.159. The van der Waals surface area contributed by atoms with Gasteiger partial charge in [-0.3, -0.25) is 14.4 Å². The van der Waals surface area contributed by atoms with Crippen molar-refractivity contribution in [2.24, 2.45) is 0 Å². The topological polar surface area (TPSA) is 177 Å². The van der Waals surface area contributed by atoms with Gasteiger partial charge < -0.3 is 29.6 Å². The van der Waals surface area contributed by atoms with Gasteiger partial charge in [0.15, 0.2) is 5.60 Å². The normalized spacial score (nSPS) is 15.9. The smallest absolute Gasteiger partial charge is 0.340 e.